The molecule has 0 bridgehead atoms. The van der Waals surface area contributed by atoms with Gasteiger partial charge >= 0.3 is 0 Å². The summed E-state index contributed by atoms with van der Waals surface area (Å²) in [7, 11) is 3.10. The number of fused-ring (bicyclic) bond motifs is 1. The number of hydrogen-bond donors (Lipinski definition) is 1. The maximum absolute atomic E-state index is 14.1. The second kappa shape index (κ2) is 12.3. The molecule has 1 fully saturated rings. The lowest BCUT2D eigenvalue weighted by Crippen LogP contribution is -2.47. The van der Waals surface area contributed by atoms with Crippen LogP contribution in [0.3, 0.4) is 0 Å². The molecule has 2 amide bonds. The number of nitrogens with one attached hydrogen (secondary N) is 1. The average Bonchev–Trinajstić information content (AvgIpc) is 3.63. The van der Waals surface area contributed by atoms with Crippen molar-refractivity contribution in [2.24, 2.45) is 0 Å². The smallest absolute Gasteiger partial charge is 0.247 e. The summed E-state index contributed by atoms with van der Waals surface area (Å²) in [6.45, 7) is 0.192. The number of thiophene rings is 1. The van der Waals surface area contributed by atoms with Gasteiger partial charge in [-0.3, -0.25) is 9.59 Å². The molecule has 4 aromatic rings. The van der Waals surface area contributed by atoms with Crippen molar-refractivity contribution in [3.05, 3.63) is 70.4 Å². The van der Waals surface area contributed by atoms with E-state index < -0.39 is 6.04 Å². The number of nitrogens with zero attached hydrogens (tertiary/aromatic N) is 4. The molecule has 2 heterocycles. The molecule has 1 atom stereocenters. The molecule has 10 heteroatoms. The van der Waals surface area contributed by atoms with E-state index in [0.29, 0.717) is 22.6 Å². The molecule has 39 heavy (non-hydrogen) atoms. The average molecular weight is 548 g/mol. The highest BCUT2D eigenvalue weighted by Crippen LogP contribution is 2.38. The quantitative estimate of drug-likeness (QED) is 0.308. The lowest BCUT2D eigenvalue weighted by molar-refractivity contribution is -0.142. The molecule has 204 valence electrons. The van der Waals surface area contributed by atoms with Gasteiger partial charge in [0.1, 0.15) is 18.1 Å². The van der Waals surface area contributed by atoms with Gasteiger partial charge in [-0.2, -0.15) is 0 Å². The molecule has 1 aliphatic rings. The second-order valence-corrected chi connectivity index (χ2v) is 10.7. The third-order valence-corrected chi connectivity index (χ3v) is 8.03. The summed E-state index contributed by atoms with van der Waals surface area (Å²) >= 11 is 1.54. The Morgan fingerprint density at radius 1 is 1.05 bits per heavy atom. The minimum atomic E-state index is -0.943. The maximum Gasteiger partial charge on any atom is 0.247 e. The van der Waals surface area contributed by atoms with Gasteiger partial charge in [-0.1, -0.05) is 54.8 Å². The van der Waals surface area contributed by atoms with Crippen LogP contribution in [0.1, 0.15) is 48.6 Å². The number of methoxy groups -OCH3 is 2. The van der Waals surface area contributed by atoms with Crippen LogP contribution in [0.2, 0.25) is 0 Å². The number of hydrogen-bond acceptors (Lipinski definition) is 7. The van der Waals surface area contributed by atoms with Gasteiger partial charge in [0.25, 0.3) is 0 Å². The minimum Gasteiger partial charge on any atom is -0.493 e. The zero-order chi connectivity index (χ0) is 27.2. The standard InChI is InChI=1S/C29H33N5O4S/c1-37-25-16-8-13-22(28(25)38-2)27(29(36)30-20-10-4-3-5-11-20)33(18-21-12-9-17-39-21)26(35)19-34-24-15-7-6-14-23(24)31-32-34/h6-9,12-17,20,27H,3-5,10-11,18-19H2,1-2H3,(H,30,36)/t27-/m1/s1. The zero-order valence-corrected chi connectivity index (χ0v) is 23.0. The molecule has 0 unspecified atom stereocenters. The molecule has 1 N–H and O–H groups in total. The first-order valence-corrected chi connectivity index (χ1v) is 14.1. The van der Waals surface area contributed by atoms with Crippen LogP contribution in [0.25, 0.3) is 11.0 Å². The minimum absolute atomic E-state index is 0.0641. The number of carbonyl (C=O) groups is 2. The van der Waals surface area contributed by atoms with Crippen LogP contribution in [0.15, 0.2) is 60.0 Å². The van der Waals surface area contributed by atoms with Crippen molar-refractivity contribution >= 4 is 34.2 Å². The Labute approximate surface area is 231 Å². The fourth-order valence-corrected chi connectivity index (χ4v) is 5.95. The first kappa shape index (κ1) is 26.7. The zero-order valence-electron chi connectivity index (χ0n) is 22.2. The Morgan fingerprint density at radius 3 is 2.62 bits per heavy atom. The van der Waals surface area contributed by atoms with E-state index in [1.165, 1.54) is 6.42 Å². The number of amides is 2. The van der Waals surface area contributed by atoms with Crippen LogP contribution in [0.5, 0.6) is 11.5 Å². The molecule has 1 aliphatic carbocycles. The van der Waals surface area contributed by atoms with Crippen LogP contribution in [-0.4, -0.2) is 52.0 Å². The highest BCUT2D eigenvalue weighted by molar-refractivity contribution is 7.09. The van der Waals surface area contributed by atoms with E-state index in [4.69, 9.17) is 9.47 Å². The molecule has 9 nitrogen and oxygen atoms in total. The van der Waals surface area contributed by atoms with E-state index in [0.717, 1.165) is 36.1 Å². The van der Waals surface area contributed by atoms with Crippen molar-refractivity contribution in [3.8, 4) is 11.5 Å². The molecular weight excluding hydrogens is 514 g/mol. The Balaban J connectivity index is 1.56. The van der Waals surface area contributed by atoms with Crippen LogP contribution in [-0.2, 0) is 22.7 Å². The predicted octanol–water partition coefficient (Wildman–Crippen LogP) is 4.73. The lowest BCUT2D eigenvalue weighted by atomic mass is 9.94. The van der Waals surface area contributed by atoms with Crippen molar-refractivity contribution in [2.45, 2.75) is 57.3 Å². The van der Waals surface area contributed by atoms with Gasteiger partial charge in [0.15, 0.2) is 11.5 Å². The van der Waals surface area contributed by atoms with Gasteiger partial charge in [0.2, 0.25) is 11.8 Å². The first-order valence-electron chi connectivity index (χ1n) is 13.2. The number of rotatable bonds is 10. The van der Waals surface area contributed by atoms with Crippen LogP contribution in [0.4, 0.5) is 0 Å². The monoisotopic (exact) mass is 547 g/mol. The van der Waals surface area contributed by atoms with Gasteiger partial charge in [-0.05, 0) is 42.5 Å². The van der Waals surface area contributed by atoms with E-state index in [1.807, 2.05) is 53.9 Å². The van der Waals surface area contributed by atoms with Crippen molar-refractivity contribution in [1.82, 2.24) is 25.2 Å². The van der Waals surface area contributed by atoms with Gasteiger partial charge < -0.3 is 19.7 Å². The van der Waals surface area contributed by atoms with Crippen molar-refractivity contribution in [1.29, 1.82) is 0 Å². The van der Waals surface area contributed by atoms with E-state index in [-0.39, 0.29) is 30.9 Å². The van der Waals surface area contributed by atoms with Crippen LogP contribution < -0.4 is 14.8 Å². The number of carbonyl (C=O) groups excluding carboxylic acids is 2. The Bertz CT molecular complexity index is 1410. The van der Waals surface area contributed by atoms with Gasteiger partial charge in [0.05, 0.1) is 26.3 Å². The summed E-state index contributed by atoms with van der Waals surface area (Å²) in [5, 5.41) is 13.6. The third-order valence-electron chi connectivity index (χ3n) is 7.17. The maximum atomic E-state index is 14.1. The summed E-state index contributed by atoms with van der Waals surface area (Å²) in [4.78, 5) is 30.9. The summed E-state index contributed by atoms with van der Waals surface area (Å²) in [5.41, 5.74) is 2.03. The SMILES string of the molecule is COc1cccc([C@H](C(=O)NC2CCCCC2)N(Cc2cccs2)C(=O)Cn2nnc3ccccc32)c1OC. The summed E-state index contributed by atoms with van der Waals surface area (Å²) in [5.74, 6) is 0.435. The summed E-state index contributed by atoms with van der Waals surface area (Å²) in [6, 6.07) is 16.0. The molecule has 0 spiro atoms. The second-order valence-electron chi connectivity index (χ2n) is 9.67. The van der Waals surface area contributed by atoms with Crippen LogP contribution in [0, 0.1) is 0 Å². The normalized spacial score (nSPS) is 14.6. The summed E-state index contributed by atoms with van der Waals surface area (Å²) in [6.07, 6.45) is 5.19. The highest BCUT2D eigenvalue weighted by Gasteiger charge is 2.36. The van der Waals surface area contributed by atoms with Gasteiger partial charge in [0, 0.05) is 16.5 Å². The fraction of sp³-hybridized carbons (Fsp3) is 0.379. The summed E-state index contributed by atoms with van der Waals surface area (Å²) < 4.78 is 12.9. The Morgan fingerprint density at radius 2 is 1.87 bits per heavy atom. The molecule has 1 saturated carbocycles. The molecule has 5 rings (SSSR count). The van der Waals surface area contributed by atoms with Gasteiger partial charge in [-0.15, -0.1) is 16.4 Å². The lowest BCUT2D eigenvalue weighted by Gasteiger charge is -2.34. The number of ether oxygens (including phenoxy) is 2. The van der Waals surface area contributed by atoms with Crippen molar-refractivity contribution in [2.75, 3.05) is 14.2 Å². The number of para-hydroxylation sites is 2. The van der Waals surface area contributed by atoms with Crippen molar-refractivity contribution < 1.29 is 19.1 Å². The van der Waals surface area contributed by atoms with Gasteiger partial charge in [-0.25, -0.2) is 4.68 Å². The number of benzene rings is 2. The highest BCUT2D eigenvalue weighted by atomic mass is 32.1. The van der Waals surface area contributed by atoms with E-state index >= 15 is 0 Å². The fourth-order valence-electron chi connectivity index (χ4n) is 5.25. The number of aromatic nitrogens is 3. The molecule has 0 radical (unpaired) electrons. The molecule has 0 aliphatic heterocycles. The van der Waals surface area contributed by atoms with E-state index in [1.54, 1.807) is 41.2 Å². The largest absolute Gasteiger partial charge is 0.493 e. The molecule has 2 aromatic carbocycles. The van der Waals surface area contributed by atoms with Crippen molar-refractivity contribution in [3.63, 3.8) is 0 Å². The Hall–Kier alpha value is -3.92. The molecular formula is C29H33N5O4S. The predicted molar refractivity (Wildman–Crippen MR) is 150 cm³/mol. The Kier molecular flexibility index (Phi) is 8.41. The molecule has 0 saturated heterocycles. The van der Waals surface area contributed by atoms with Crippen LogP contribution >= 0.6 is 11.3 Å². The topological polar surface area (TPSA) is 98.6 Å². The third kappa shape index (κ3) is 5.90. The molecule has 2 aromatic heterocycles. The first-order chi connectivity index (χ1) is 19.1. The van der Waals surface area contributed by atoms with E-state index in [2.05, 4.69) is 15.6 Å². The van der Waals surface area contributed by atoms with E-state index in [9.17, 15) is 9.59 Å².